The summed E-state index contributed by atoms with van der Waals surface area (Å²) in [5, 5.41) is 0. The van der Waals surface area contributed by atoms with Gasteiger partial charge in [0.1, 0.15) is 19.0 Å². The Morgan fingerprint density at radius 1 is 1.12 bits per heavy atom. The Morgan fingerprint density at radius 3 is 2.58 bits per heavy atom. The molecular weight excluding hydrogens is 333 g/mol. The fraction of sp³-hybridized carbons (Fsp3) is 0.176. The Kier molecular flexibility index (Phi) is 4.44. The van der Waals surface area contributed by atoms with Crippen LogP contribution in [0, 0.1) is 5.82 Å². The second-order valence-corrected chi connectivity index (χ2v) is 6.97. The zero-order valence-corrected chi connectivity index (χ0v) is 13.6. The molecule has 1 heterocycles. The van der Waals surface area contributed by atoms with Crippen molar-refractivity contribution in [3.63, 3.8) is 0 Å². The largest absolute Gasteiger partial charge is 0.486 e. The molecule has 0 fully saturated rings. The Bertz CT molecular complexity index is 867. The van der Waals surface area contributed by atoms with Crippen molar-refractivity contribution in [2.75, 3.05) is 24.1 Å². The van der Waals surface area contributed by atoms with Crippen molar-refractivity contribution in [2.24, 2.45) is 0 Å². The first-order valence-corrected chi connectivity index (χ1v) is 8.75. The summed E-state index contributed by atoms with van der Waals surface area (Å²) in [6.07, 6.45) is 1.44. The molecule has 3 rings (SSSR count). The van der Waals surface area contributed by atoms with E-state index in [-0.39, 0.29) is 17.1 Å². The van der Waals surface area contributed by atoms with Gasteiger partial charge in [0.25, 0.3) is 10.0 Å². The number of hydrogen-bond acceptors (Lipinski definition) is 4. The number of halogens is 1. The number of rotatable bonds is 5. The molecule has 2 aromatic carbocycles. The molecule has 0 atom stereocenters. The summed E-state index contributed by atoms with van der Waals surface area (Å²) in [5.74, 6) is 0.361. The van der Waals surface area contributed by atoms with Crippen molar-refractivity contribution in [1.82, 2.24) is 0 Å². The van der Waals surface area contributed by atoms with Gasteiger partial charge in [0.2, 0.25) is 0 Å². The summed E-state index contributed by atoms with van der Waals surface area (Å²) >= 11 is 0. The predicted molar refractivity (Wildman–Crippen MR) is 88.6 cm³/mol. The fourth-order valence-electron chi connectivity index (χ4n) is 2.40. The van der Waals surface area contributed by atoms with Crippen LogP contribution < -0.4 is 13.8 Å². The Labute approximate surface area is 140 Å². The molecule has 0 saturated carbocycles. The minimum Gasteiger partial charge on any atom is -0.486 e. The Morgan fingerprint density at radius 2 is 1.88 bits per heavy atom. The fourth-order valence-corrected chi connectivity index (χ4v) is 3.85. The molecule has 24 heavy (non-hydrogen) atoms. The van der Waals surface area contributed by atoms with Gasteiger partial charge in [-0.15, -0.1) is 6.58 Å². The number of anilines is 1. The van der Waals surface area contributed by atoms with Crippen LogP contribution >= 0.6 is 0 Å². The highest BCUT2D eigenvalue weighted by Crippen LogP contribution is 2.34. The minimum absolute atomic E-state index is 0.0141. The maximum Gasteiger partial charge on any atom is 0.264 e. The van der Waals surface area contributed by atoms with Crippen LogP contribution in [0.1, 0.15) is 0 Å². The van der Waals surface area contributed by atoms with Crippen molar-refractivity contribution >= 4 is 15.7 Å². The Balaban J connectivity index is 2.04. The normalized spacial score (nSPS) is 13.4. The third-order valence-electron chi connectivity index (χ3n) is 3.49. The topological polar surface area (TPSA) is 55.8 Å². The van der Waals surface area contributed by atoms with Crippen LogP contribution in [0.15, 0.2) is 60.0 Å². The molecule has 0 bridgehead atoms. The van der Waals surface area contributed by atoms with Gasteiger partial charge in [0.15, 0.2) is 11.5 Å². The number of benzene rings is 2. The number of sulfonamides is 1. The van der Waals surface area contributed by atoms with E-state index in [0.29, 0.717) is 24.7 Å². The van der Waals surface area contributed by atoms with E-state index in [4.69, 9.17) is 9.47 Å². The van der Waals surface area contributed by atoms with E-state index in [2.05, 4.69) is 6.58 Å². The Hall–Kier alpha value is -2.54. The smallest absolute Gasteiger partial charge is 0.264 e. The molecule has 5 nitrogen and oxygen atoms in total. The van der Waals surface area contributed by atoms with Crippen LogP contribution in [-0.4, -0.2) is 28.2 Å². The molecule has 0 spiro atoms. The lowest BCUT2D eigenvalue weighted by atomic mass is 10.3. The van der Waals surface area contributed by atoms with Gasteiger partial charge in [0.05, 0.1) is 17.1 Å². The standard InChI is InChI=1S/C17H16FNO4S/c1-2-8-19(14-5-3-4-13(18)11-14)24(20,21)15-6-7-16-17(12-15)23-10-9-22-16/h2-7,11-12H,1,8-10H2. The molecule has 0 saturated heterocycles. The second kappa shape index (κ2) is 6.52. The van der Waals surface area contributed by atoms with Gasteiger partial charge >= 0.3 is 0 Å². The van der Waals surface area contributed by atoms with E-state index in [1.807, 2.05) is 0 Å². The van der Waals surface area contributed by atoms with Gasteiger partial charge in [-0.3, -0.25) is 4.31 Å². The number of fused-ring (bicyclic) bond motifs is 1. The van der Waals surface area contributed by atoms with Gasteiger partial charge in [-0.1, -0.05) is 12.1 Å². The van der Waals surface area contributed by atoms with Gasteiger partial charge in [-0.25, -0.2) is 12.8 Å². The first-order chi connectivity index (χ1) is 11.5. The predicted octanol–water partition coefficient (Wildman–Crippen LogP) is 2.98. The van der Waals surface area contributed by atoms with Gasteiger partial charge in [0, 0.05) is 6.07 Å². The average Bonchev–Trinajstić information content (AvgIpc) is 2.59. The van der Waals surface area contributed by atoms with Crippen LogP contribution in [0.2, 0.25) is 0 Å². The summed E-state index contributed by atoms with van der Waals surface area (Å²) in [4.78, 5) is 0.0397. The molecule has 126 valence electrons. The van der Waals surface area contributed by atoms with Crippen molar-refractivity contribution in [3.05, 3.63) is 60.9 Å². The number of hydrogen-bond donors (Lipinski definition) is 0. The molecule has 0 amide bonds. The van der Waals surface area contributed by atoms with Gasteiger partial charge in [-0.05, 0) is 30.3 Å². The molecule has 0 aromatic heterocycles. The van der Waals surface area contributed by atoms with E-state index in [1.165, 1.54) is 42.5 Å². The van der Waals surface area contributed by atoms with E-state index in [1.54, 1.807) is 6.07 Å². The van der Waals surface area contributed by atoms with Gasteiger partial charge in [-0.2, -0.15) is 0 Å². The van der Waals surface area contributed by atoms with E-state index < -0.39 is 15.8 Å². The monoisotopic (exact) mass is 349 g/mol. The van der Waals surface area contributed by atoms with Gasteiger partial charge < -0.3 is 9.47 Å². The lowest BCUT2D eigenvalue weighted by Crippen LogP contribution is -2.31. The van der Waals surface area contributed by atoms with Crippen LogP contribution in [0.4, 0.5) is 10.1 Å². The lowest BCUT2D eigenvalue weighted by molar-refractivity contribution is 0.171. The van der Waals surface area contributed by atoms with E-state index in [0.717, 1.165) is 4.31 Å². The average molecular weight is 349 g/mol. The highest BCUT2D eigenvalue weighted by atomic mass is 32.2. The van der Waals surface area contributed by atoms with Crippen LogP contribution in [0.3, 0.4) is 0 Å². The van der Waals surface area contributed by atoms with Crippen molar-refractivity contribution < 1.29 is 22.3 Å². The molecule has 0 unspecified atom stereocenters. The van der Waals surface area contributed by atoms with Crippen LogP contribution in [0.5, 0.6) is 11.5 Å². The first-order valence-electron chi connectivity index (χ1n) is 7.31. The van der Waals surface area contributed by atoms with Crippen LogP contribution in [-0.2, 0) is 10.0 Å². The molecular formula is C17H16FNO4S. The zero-order chi connectivity index (χ0) is 17.2. The molecule has 1 aliphatic heterocycles. The van der Waals surface area contributed by atoms with Crippen molar-refractivity contribution in [3.8, 4) is 11.5 Å². The number of nitrogens with zero attached hydrogens (tertiary/aromatic N) is 1. The highest BCUT2D eigenvalue weighted by Gasteiger charge is 2.26. The third-order valence-corrected chi connectivity index (χ3v) is 5.28. The second-order valence-electron chi connectivity index (χ2n) is 5.11. The zero-order valence-electron chi connectivity index (χ0n) is 12.8. The first kappa shape index (κ1) is 16.3. The number of ether oxygens (including phenoxy) is 2. The van der Waals surface area contributed by atoms with Crippen molar-refractivity contribution in [2.45, 2.75) is 4.90 Å². The summed E-state index contributed by atoms with van der Waals surface area (Å²) in [6, 6.07) is 9.82. The molecule has 0 radical (unpaired) electrons. The summed E-state index contributed by atoms with van der Waals surface area (Å²) < 4.78 is 51.4. The molecule has 2 aromatic rings. The quantitative estimate of drug-likeness (QED) is 0.779. The summed E-state index contributed by atoms with van der Waals surface area (Å²) in [7, 11) is -3.91. The molecule has 7 heteroatoms. The minimum atomic E-state index is -3.91. The van der Waals surface area contributed by atoms with E-state index >= 15 is 0 Å². The van der Waals surface area contributed by atoms with Crippen molar-refractivity contribution in [1.29, 1.82) is 0 Å². The highest BCUT2D eigenvalue weighted by molar-refractivity contribution is 7.92. The van der Waals surface area contributed by atoms with E-state index in [9.17, 15) is 12.8 Å². The molecule has 0 aliphatic carbocycles. The summed E-state index contributed by atoms with van der Waals surface area (Å²) in [6.45, 7) is 4.37. The lowest BCUT2D eigenvalue weighted by Gasteiger charge is -2.24. The molecule has 0 N–H and O–H groups in total. The molecule has 1 aliphatic rings. The maximum absolute atomic E-state index is 13.5. The maximum atomic E-state index is 13.5. The summed E-state index contributed by atoms with van der Waals surface area (Å²) in [5.41, 5.74) is 0.227. The SMILES string of the molecule is C=CCN(c1cccc(F)c1)S(=O)(=O)c1ccc2c(c1)OCCO2. The van der Waals surface area contributed by atoms with Crippen LogP contribution in [0.25, 0.3) is 0 Å². The third kappa shape index (κ3) is 3.07.